The van der Waals surface area contributed by atoms with Crippen LogP contribution in [0.5, 0.6) is 0 Å². The van der Waals surface area contributed by atoms with Crippen molar-refractivity contribution in [3.8, 4) is 0 Å². The molecule has 2 saturated heterocycles. The summed E-state index contributed by atoms with van der Waals surface area (Å²) in [5.41, 5.74) is -1.07. The largest absolute Gasteiger partial charge is 1.00 e. The summed E-state index contributed by atoms with van der Waals surface area (Å²) in [7, 11) is 1.00. The second-order valence-corrected chi connectivity index (χ2v) is 10.2. The molecule has 2 heterocycles. The zero-order valence-electron chi connectivity index (χ0n) is 24.7. The number of ether oxygens (including phenoxy) is 4. The molecule has 0 aromatic carbocycles. The van der Waals surface area contributed by atoms with Gasteiger partial charge in [0.1, 0.15) is 17.8 Å². The van der Waals surface area contributed by atoms with Gasteiger partial charge in [0, 0.05) is 15.5 Å². The Kier molecular flexibility index (Phi) is 20.2. The van der Waals surface area contributed by atoms with Gasteiger partial charge in [0.05, 0.1) is 51.1 Å². The van der Waals surface area contributed by atoms with E-state index in [-0.39, 0.29) is 83.6 Å². The number of Topliss-reactive ketones (excluding diaryl/α,β-unsaturated/α-hetero) is 1. The molecule has 3 radical (unpaired) electrons. The van der Waals surface area contributed by atoms with Crippen LogP contribution >= 0.6 is 0 Å². The van der Waals surface area contributed by atoms with Crippen molar-refractivity contribution in [2.24, 2.45) is 0 Å². The van der Waals surface area contributed by atoms with Crippen molar-refractivity contribution < 1.29 is 74.5 Å². The number of hydrogen-bond acceptors (Lipinski definition) is 9. The molecule has 2 N–H and O–H groups in total. The van der Waals surface area contributed by atoms with Crippen molar-refractivity contribution in [3.05, 3.63) is 0 Å². The van der Waals surface area contributed by atoms with Gasteiger partial charge in [-0.15, -0.1) is 0 Å². The van der Waals surface area contributed by atoms with Crippen molar-refractivity contribution >= 4 is 26.4 Å². The van der Waals surface area contributed by atoms with Gasteiger partial charge in [-0.3, -0.25) is 9.69 Å². The number of amides is 2. The van der Waals surface area contributed by atoms with Crippen LogP contribution in [0.15, 0.2) is 0 Å². The molecule has 2 aliphatic rings. The van der Waals surface area contributed by atoms with E-state index in [2.05, 4.69) is 0 Å². The van der Waals surface area contributed by atoms with Crippen LogP contribution in [0.25, 0.3) is 0 Å². The number of aliphatic hydroxyl groups excluding tert-OH is 2. The number of aliphatic hydroxyl groups is 2. The summed E-state index contributed by atoms with van der Waals surface area (Å²) < 4.78 is 20.9. The fraction of sp³-hybridized carbons (Fsp3) is 0.870. The van der Waals surface area contributed by atoms with Crippen molar-refractivity contribution in [2.45, 2.75) is 84.8 Å². The van der Waals surface area contributed by atoms with E-state index >= 15 is 0 Å². The summed E-state index contributed by atoms with van der Waals surface area (Å²) in [6.07, 6.45) is -1.50. The second kappa shape index (κ2) is 18.4. The topological polar surface area (TPSA) is 135 Å². The average molecular weight is 527 g/mol. The van der Waals surface area contributed by atoms with E-state index in [0.29, 0.717) is 13.2 Å². The van der Waals surface area contributed by atoms with Crippen LogP contribution in [0, 0.1) is 0 Å². The molecule has 2 amide bonds. The minimum absolute atomic E-state index is 0. The standard InChI is InChI=1S/C11H21NO4.C11H19NO4.CH4O.B.Na.H/c2*1-8-6-15-7-9(13)5-12(8)10(14)16-11(2,3)4;1-2;;;/h8-9,13H,5-7H2,1-4H3;8H,5-7H2,1-4H3;2H,1H3;;;/q;;;;+1;-1. The zero-order chi connectivity index (χ0) is 26.7. The number of rotatable bonds is 0. The Labute approximate surface area is 241 Å². The first-order valence-corrected chi connectivity index (χ1v) is 11.4. The SMILES string of the molecule is CC1COCC(=O)CN1C(=O)OC(C)(C)C.CC1COCC(O)CN1C(=O)OC(C)(C)C.CO.[B].[H-].[Na+]. The van der Waals surface area contributed by atoms with E-state index in [1.807, 2.05) is 34.6 Å². The fourth-order valence-corrected chi connectivity index (χ4v) is 2.89. The maximum absolute atomic E-state index is 11.9. The van der Waals surface area contributed by atoms with Crippen molar-refractivity contribution in [3.63, 3.8) is 0 Å². The molecule has 2 aliphatic heterocycles. The molecule has 3 unspecified atom stereocenters. The first kappa shape index (κ1) is 39.6. The Morgan fingerprint density at radius 2 is 1.31 bits per heavy atom. The average Bonchev–Trinajstić information content (AvgIpc) is 2.96. The number of carbonyl (C=O) groups excluding carboxylic acids is 3. The molecule has 2 rings (SSSR count). The summed E-state index contributed by atoms with van der Waals surface area (Å²) in [4.78, 5) is 37.9. The van der Waals surface area contributed by atoms with Crippen LogP contribution < -0.4 is 29.6 Å². The van der Waals surface area contributed by atoms with Gasteiger partial charge in [-0.1, -0.05) is 0 Å². The zero-order valence-corrected chi connectivity index (χ0v) is 25.7. The smallest absolute Gasteiger partial charge is 1.00 e. The van der Waals surface area contributed by atoms with Gasteiger partial charge >= 0.3 is 41.7 Å². The molecule has 36 heavy (non-hydrogen) atoms. The Hall–Kier alpha value is -0.885. The number of nitrogens with zero attached hydrogens (tertiary/aromatic N) is 2. The van der Waals surface area contributed by atoms with Crippen LogP contribution in [-0.4, -0.2) is 122 Å². The molecule has 0 aromatic rings. The molecule has 0 spiro atoms. The van der Waals surface area contributed by atoms with Crippen molar-refractivity contribution in [1.82, 2.24) is 9.80 Å². The summed E-state index contributed by atoms with van der Waals surface area (Å²) in [6, 6.07) is -0.215. The van der Waals surface area contributed by atoms with Crippen molar-refractivity contribution in [2.75, 3.05) is 46.6 Å². The second-order valence-electron chi connectivity index (χ2n) is 10.2. The molecule has 205 valence electrons. The first-order chi connectivity index (χ1) is 15.6. The molecule has 3 atom stereocenters. The normalized spacial score (nSPS) is 22.5. The molecule has 0 aliphatic carbocycles. The summed E-state index contributed by atoms with van der Waals surface area (Å²) in [5, 5.41) is 16.6. The van der Waals surface area contributed by atoms with Gasteiger partial charge in [-0.25, -0.2) is 9.59 Å². The number of β-amino-alcohol motifs (C(OH)–C–C–N with tert-alkyl or cyclic N) is 1. The molecular formula is C23H45BN2NaO9. The van der Waals surface area contributed by atoms with E-state index in [0.717, 1.165) is 7.11 Å². The third kappa shape index (κ3) is 16.8. The monoisotopic (exact) mass is 527 g/mol. The number of carbonyl (C=O) groups is 3. The Bertz CT molecular complexity index is 663. The summed E-state index contributed by atoms with van der Waals surface area (Å²) >= 11 is 0. The summed E-state index contributed by atoms with van der Waals surface area (Å²) in [6.45, 7) is 16.0. The van der Waals surface area contributed by atoms with Gasteiger partial charge in [0.25, 0.3) is 0 Å². The number of ketones is 1. The molecule has 2 fully saturated rings. The fourth-order valence-electron chi connectivity index (χ4n) is 2.89. The molecule has 0 saturated carbocycles. The Morgan fingerprint density at radius 1 is 0.889 bits per heavy atom. The molecule has 13 heteroatoms. The van der Waals surface area contributed by atoms with Gasteiger partial charge in [-0.05, 0) is 55.4 Å². The van der Waals surface area contributed by atoms with E-state index in [4.69, 9.17) is 24.1 Å². The van der Waals surface area contributed by atoms with Crippen LogP contribution in [-0.2, 0) is 23.7 Å². The van der Waals surface area contributed by atoms with Gasteiger partial charge in [0.15, 0.2) is 5.78 Å². The quantitative estimate of drug-likeness (QED) is 0.363. The molecule has 11 nitrogen and oxygen atoms in total. The predicted molar refractivity (Wildman–Crippen MR) is 132 cm³/mol. The van der Waals surface area contributed by atoms with Crippen LogP contribution in [0.1, 0.15) is 56.8 Å². The van der Waals surface area contributed by atoms with E-state index < -0.39 is 29.5 Å². The first-order valence-electron chi connectivity index (χ1n) is 11.4. The van der Waals surface area contributed by atoms with Crippen LogP contribution in [0.2, 0.25) is 0 Å². The van der Waals surface area contributed by atoms with Crippen LogP contribution in [0.4, 0.5) is 9.59 Å². The number of hydrogen-bond donors (Lipinski definition) is 2. The minimum atomic E-state index is -0.641. The van der Waals surface area contributed by atoms with E-state index in [9.17, 15) is 19.5 Å². The Morgan fingerprint density at radius 3 is 1.78 bits per heavy atom. The van der Waals surface area contributed by atoms with E-state index in [1.54, 1.807) is 20.8 Å². The van der Waals surface area contributed by atoms with E-state index in [1.165, 1.54) is 9.80 Å². The maximum Gasteiger partial charge on any atom is 1.00 e. The van der Waals surface area contributed by atoms with Crippen LogP contribution in [0.3, 0.4) is 0 Å². The third-order valence-electron chi connectivity index (χ3n) is 4.37. The van der Waals surface area contributed by atoms with Gasteiger partial charge < -0.3 is 35.5 Å². The molecule has 0 aromatic heterocycles. The Balaban J connectivity index is -0.000000256. The molecular weight excluding hydrogens is 482 g/mol. The third-order valence-corrected chi connectivity index (χ3v) is 4.37. The molecule has 0 bridgehead atoms. The predicted octanol–water partition coefficient (Wildman–Crippen LogP) is -1.44. The minimum Gasteiger partial charge on any atom is -1.00 e. The van der Waals surface area contributed by atoms with Gasteiger partial charge in [-0.2, -0.15) is 0 Å². The summed E-state index contributed by atoms with van der Waals surface area (Å²) in [5.74, 6) is -0.102. The maximum atomic E-state index is 11.9. The van der Waals surface area contributed by atoms with Gasteiger partial charge in [0.2, 0.25) is 0 Å². The van der Waals surface area contributed by atoms with Crippen molar-refractivity contribution in [1.29, 1.82) is 0 Å².